The second-order valence-electron chi connectivity index (χ2n) is 4.83. The maximum absolute atomic E-state index is 5.77. The van der Waals surface area contributed by atoms with Crippen LogP contribution in [-0.2, 0) is 13.2 Å². The Morgan fingerprint density at radius 1 is 1.37 bits per heavy atom. The summed E-state index contributed by atoms with van der Waals surface area (Å²) in [5.41, 5.74) is 2.23. The number of hydrogen-bond acceptors (Lipinski definition) is 4. The van der Waals surface area contributed by atoms with E-state index in [1.807, 2.05) is 24.4 Å². The van der Waals surface area contributed by atoms with Crippen LogP contribution in [0.3, 0.4) is 0 Å². The Labute approximate surface area is 118 Å². The van der Waals surface area contributed by atoms with E-state index >= 15 is 0 Å². The van der Waals surface area contributed by atoms with Gasteiger partial charge in [-0.3, -0.25) is 0 Å². The number of aryl methyl sites for hydroxylation is 1. The van der Waals surface area contributed by atoms with E-state index in [0.717, 1.165) is 23.0 Å². The minimum Gasteiger partial charge on any atom is -0.487 e. The van der Waals surface area contributed by atoms with E-state index in [0.29, 0.717) is 12.6 Å². The van der Waals surface area contributed by atoms with Crippen molar-refractivity contribution >= 4 is 11.3 Å². The second kappa shape index (κ2) is 6.68. The van der Waals surface area contributed by atoms with Crippen LogP contribution in [0.4, 0.5) is 0 Å². The number of thiazole rings is 1. The third-order valence-electron chi connectivity index (χ3n) is 2.67. The summed E-state index contributed by atoms with van der Waals surface area (Å²) in [6, 6.07) is 8.68. The summed E-state index contributed by atoms with van der Waals surface area (Å²) < 4.78 is 5.77. The van der Waals surface area contributed by atoms with E-state index in [9.17, 15) is 0 Å². The first-order chi connectivity index (χ1) is 9.13. The van der Waals surface area contributed by atoms with E-state index in [1.54, 1.807) is 11.3 Å². The minimum atomic E-state index is 0.488. The monoisotopic (exact) mass is 276 g/mol. The molecule has 2 aromatic rings. The van der Waals surface area contributed by atoms with Crippen LogP contribution in [-0.4, -0.2) is 11.0 Å². The average Bonchev–Trinajstić information content (AvgIpc) is 2.80. The van der Waals surface area contributed by atoms with Crippen molar-refractivity contribution in [1.29, 1.82) is 0 Å². The Kier molecular flexibility index (Phi) is 4.93. The molecule has 0 bridgehead atoms. The summed E-state index contributed by atoms with van der Waals surface area (Å²) in [5.74, 6) is 0.897. The average molecular weight is 276 g/mol. The van der Waals surface area contributed by atoms with E-state index < -0.39 is 0 Å². The van der Waals surface area contributed by atoms with Gasteiger partial charge in [-0.1, -0.05) is 26.0 Å². The largest absolute Gasteiger partial charge is 0.487 e. The molecule has 0 unspecified atom stereocenters. The summed E-state index contributed by atoms with van der Waals surface area (Å²) in [6.07, 6.45) is 0. The van der Waals surface area contributed by atoms with Gasteiger partial charge >= 0.3 is 0 Å². The fourth-order valence-corrected chi connectivity index (χ4v) is 2.30. The molecular weight excluding hydrogens is 256 g/mol. The van der Waals surface area contributed by atoms with Crippen LogP contribution in [0.1, 0.15) is 30.1 Å². The molecule has 0 atom stereocenters. The summed E-state index contributed by atoms with van der Waals surface area (Å²) in [4.78, 5) is 4.39. The van der Waals surface area contributed by atoms with Crippen molar-refractivity contribution in [2.45, 2.75) is 40.0 Å². The van der Waals surface area contributed by atoms with Gasteiger partial charge in [-0.2, -0.15) is 0 Å². The van der Waals surface area contributed by atoms with E-state index in [2.05, 4.69) is 36.3 Å². The van der Waals surface area contributed by atoms with Gasteiger partial charge < -0.3 is 10.1 Å². The number of aromatic nitrogens is 1. The first kappa shape index (κ1) is 14.0. The van der Waals surface area contributed by atoms with Crippen LogP contribution in [0.2, 0.25) is 0 Å². The van der Waals surface area contributed by atoms with Crippen molar-refractivity contribution in [2.75, 3.05) is 0 Å². The number of ether oxygens (including phenoxy) is 1. The van der Waals surface area contributed by atoms with E-state index in [4.69, 9.17) is 4.74 Å². The highest BCUT2D eigenvalue weighted by molar-refractivity contribution is 7.09. The molecule has 19 heavy (non-hydrogen) atoms. The number of benzene rings is 1. The zero-order chi connectivity index (χ0) is 13.7. The molecule has 1 heterocycles. The Morgan fingerprint density at radius 3 is 2.89 bits per heavy atom. The van der Waals surface area contributed by atoms with Gasteiger partial charge in [0, 0.05) is 18.0 Å². The molecule has 0 aliphatic heterocycles. The van der Waals surface area contributed by atoms with Gasteiger partial charge in [0.15, 0.2) is 0 Å². The maximum Gasteiger partial charge on any atom is 0.131 e. The highest BCUT2D eigenvalue weighted by Gasteiger charge is 2.01. The Bertz CT molecular complexity index is 522. The van der Waals surface area contributed by atoms with E-state index in [1.165, 1.54) is 5.56 Å². The Morgan fingerprint density at radius 2 is 2.21 bits per heavy atom. The number of hydrogen-bond donors (Lipinski definition) is 1. The molecular formula is C15H20N2OS. The lowest BCUT2D eigenvalue weighted by Crippen LogP contribution is -2.21. The lowest BCUT2D eigenvalue weighted by molar-refractivity contribution is 0.301. The fraction of sp³-hybridized carbons (Fsp3) is 0.400. The molecule has 3 nitrogen and oxygen atoms in total. The number of nitrogens with one attached hydrogen (secondary N) is 1. The highest BCUT2D eigenvalue weighted by atomic mass is 32.1. The smallest absolute Gasteiger partial charge is 0.131 e. The van der Waals surface area contributed by atoms with Gasteiger partial charge in [0.25, 0.3) is 0 Å². The van der Waals surface area contributed by atoms with Crippen LogP contribution >= 0.6 is 11.3 Å². The van der Waals surface area contributed by atoms with Crippen molar-refractivity contribution in [2.24, 2.45) is 0 Å². The Hall–Kier alpha value is -1.39. The van der Waals surface area contributed by atoms with Crippen molar-refractivity contribution in [3.63, 3.8) is 0 Å². The molecule has 1 N–H and O–H groups in total. The SMILES string of the molecule is Cc1nc(COc2cccc(CNC(C)C)c2)cs1. The standard InChI is InChI=1S/C15H20N2OS/c1-11(2)16-8-13-5-4-6-15(7-13)18-9-14-10-19-12(3)17-14/h4-7,10-11,16H,8-9H2,1-3H3. The zero-order valence-electron chi connectivity index (χ0n) is 11.6. The molecule has 0 saturated heterocycles. The molecule has 4 heteroatoms. The normalized spacial score (nSPS) is 10.9. The summed E-state index contributed by atoms with van der Waals surface area (Å²) in [6.45, 7) is 7.69. The van der Waals surface area contributed by atoms with Gasteiger partial charge in [-0.05, 0) is 24.6 Å². The van der Waals surface area contributed by atoms with Gasteiger partial charge in [0.1, 0.15) is 12.4 Å². The first-order valence-corrected chi connectivity index (χ1v) is 7.37. The summed E-state index contributed by atoms with van der Waals surface area (Å²) >= 11 is 1.65. The van der Waals surface area contributed by atoms with Crippen molar-refractivity contribution in [3.05, 3.63) is 45.9 Å². The Balaban J connectivity index is 1.91. The van der Waals surface area contributed by atoms with Crippen LogP contribution in [0.15, 0.2) is 29.6 Å². The van der Waals surface area contributed by atoms with E-state index in [-0.39, 0.29) is 0 Å². The van der Waals surface area contributed by atoms with Crippen LogP contribution in [0, 0.1) is 6.92 Å². The van der Waals surface area contributed by atoms with Crippen molar-refractivity contribution in [3.8, 4) is 5.75 Å². The predicted octanol–water partition coefficient (Wildman–Crippen LogP) is 3.53. The minimum absolute atomic E-state index is 0.488. The quantitative estimate of drug-likeness (QED) is 0.876. The molecule has 0 aliphatic rings. The molecule has 0 radical (unpaired) electrons. The zero-order valence-corrected chi connectivity index (χ0v) is 12.5. The third kappa shape index (κ3) is 4.65. The molecule has 0 fully saturated rings. The molecule has 0 amide bonds. The first-order valence-electron chi connectivity index (χ1n) is 6.49. The van der Waals surface area contributed by atoms with Crippen molar-refractivity contribution < 1.29 is 4.74 Å². The third-order valence-corrected chi connectivity index (χ3v) is 3.49. The molecule has 0 saturated carbocycles. The van der Waals surface area contributed by atoms with Gasteiger partial charge in [0.2, 0.25) is 0 Å². The highest BCUT2D eigenvalue weighted by Crippen LogP contribution is 2.16. The molecule has 102 valence electrons. The molecule has 0 spiro atoms. The molecule has 2 rings (SSSR count). The van der Waals surface area contributed by atoms with Gasteiger partial charge in [0.05, 0.1) is 10.7 Å². The van der Waals surface area contributed by atoms with Crippen molar-refractivity contribution in [1.82, 2.24) is 10.3 Å². The molecule has 1 aromatic heterocycles. The predicted molar refractivity (Wildman–Crippen MR) is 79.6 cm³/mol. The molecule has 0 aliphatic carbocycles. The second-order valence-corrected chi connectivity index (χ2v) is 5.89. The van der Waals surface area contributed by atoms with Gasteiger partial charge in [-0.15, -0.1) is 11.3 Å². The van der Waals surface area contributed by atoms with Crippen LogP contribution in [0.5, 0.6) is 5.75 Å². The maximum atomic E-state index is 5.77. The molecule has 1 aromatic carbocycles. The van der Waals surface area contributed by atoms with Crippen LogP contribution < -0.4 is 10.1 Å². The topological polar surface area (TPSA) is 34.1 Å². The van der Waals surface area contributed by atoms with Crippen LogP contribution in [0.25, 0.3) is 0 Å². The number of rotatable bonds is 6. The lowest BCUT2D eigenvalue weighted by Gasteiger charge is -2.10. The number of nitrogens with zero attached hydrogens (tertiary/aromatic N) is 1. The lowest BCUT2D eigenvalue weighted by atomic mass is 10.2. The summed E-state index contributed by atoms with van der Waals surface area (Å²) in [7, 11) is 0. The van der Waals surface area contributed by atoms with Gasteiger partial charge in [-0.25, -0.2) is 4.98 Å². The summed E-state index contributed by atoms with van der Waals surface area (Å²) in [5, 5.41) is 6.52. The fourth-order valence-electron chi connectivity index (χ4n) is 1.70.